The fourth-order valence-corrected chi connectivity index (χ4v) is 8.82. The van der Waals surface area contributed by atoms with E-state index in [0.29, 0.717) is 38.4 Å². The third-order valence-electron chi connectivity index (χ3n) is 10.9. The summed E-state index contributed by atoms with van der Waals surface area (Å²) in [6.07, 6.45) is 8.07. The molecular formula is C34H43N3O6S. The first-order valence-corrected chi connectivity index (χ1v) is 17.8. The highest BCUT2D eigenvalue weighted by Crippen LogP contribution is 2.67. The number of aliphatic hydroxyl groups excluding tert-OH is 1. The number of aliphatic hydroxyl groups is 2. The highest BCUT2D eigenvalue weighted by atomic mass is 32.2. The van der Waals surface area contributed by atoms with Gasteiger partial charge in [0.05, 0.1) is 24.7 Å². The number of carbonyl (C=O) groups is 1. The standard InChI is InChI=1S/C34H43N3O6S/c1-33(40)13-15-36(16-14-33)32(39)34-19-27(34)26-18-23(43-2)10-12-24(26)30-29(21-7-5-4-6-8-21)25-11-9-22(17-28(25)37(30)20-34)31(38)35-44(3,41)42/h9-12,17-18,21,27,32,39-40H,4-8,13-16,19-20H2,1-3H3,(H,35,38). The van der Waals surface area contributed by atoms with Crippen LogP contribution in [-0.2, 0) is 16.6 Å². The smallest absolute Gasteiger partial charge is 0.264 e. The SMILES string of the molecule is COc1ccc2c(c1)C1CC1(C(O)N1CCC(C)(O)CC1)Cn1c-2c(C2CCCCC2)c2ccc(C(=O)NS(C)(=O)=O)cc21. The zero-order chi connectivity index (χ0) is 31.0. The van der Waals surface area contributed by atoms with Crippen molar-refractivity contribution in [2.24, 2.45) is 5.41 Å². The third-order valence-corrected chi connectivity index (χ3v) is 11.4. The molecule has 1 saturated heterocycles. The van der Waals surface area contributed by atoms with Crippen molar-refractivity contribution >= 4 is 26.8 Å². The first kappa shape index (κ1) is 29.8. The van der Waals surface area contributed by atoms with Crippen LogP contribution in [0, 0.1) is 5.41 Å². The van der Waals surface area contributed by atoms with Crippen LogP contribution in [0.4, 0.5) is 0 Å². The van der Waals surface area contributed by atoms with Crippen LogP contribution in [0.5, 0.6) is 5.75 Å². The van der Waals surface area contributed by atoms with Gasteiger partial charge in [0, 0.05) is 47.1 Å². The van der Waals surface area contributed by atoms with Gasteiger partial charge < -0.3 is 19.5 Å². The lowest BCUT2D eigenvalue weighted by atomic mass is 9.81. The molecule has 4 aliphatic rings. The lowest BCUT2D eigenvalue weighted by Crippen LogP contribution is -2.51. The average molecular weight is 622 g/mol. The van der Waals surface area contributed by atoms with E-state index >= 15 is 0 Å². The number of likely N-dealkylation sites (tertiary alicyclic amines) is 1. The summed E-state index contributed by atoms with van der Waals surface area (Å²) < 4.78 is 34.0. The Kier molecular flexibility index (Phi) is 7.16. The number of carbonyl (C=O) groups excluding carboxylic acids is 1. The number of sulfonamides is 1. The van der Waals surface area contributed by atoms with Crippen LogP contribution in [0.2, 0.25) is 0 Å². The molecule has 2 aliphatic heterocycles. The second-order valence-electron chi connectivity index (χ2n) is 14.0. The maximum atomic E-state index is 13.0. The lowest BCUT2D eigenvalue weighted by Gasteiger charge is -2.41. The molecule has 3 aromatic rings. The molecule has 7 rings (SSSR count). The van der Waals surface area contributed by atoms with Crippen LogP contribution in [0.3, 0.4) is 0 Å². The summed E-state index contributed by atoms with van der Waals surface area (Å²) in [6.45, 7) is 3.68. The summed E-state index contributed by atoms with van der Waals surface area (Å²) in [5.41, 5.74) is 4.76. The van der Waals surface area contributed by atoms with E-state index < -0.39 is 33.2 Å². The van der Waals surface area contributed by atoms with E-state index in [1.165, 1.54) is 30.4 Å². The van der Waals surface area contributed by atoms with Crippen molar-refractivity contribution in [3.8, 4) is 17.0 Å². The molecule has 1 aromatic heterocycles. The van der Waals surface area contributed by atoms with E-state index in [0.717, 1.165) is 53.4 Å². The average Bonchev–Trinajstić information content (AvgIpc) is 3.66. The number of rotatable bonds is 6. The van der Waals surface area contributed by atoms with Crippen molar-refractivity contribution in [2.45, 2.75) is 88.5 Å². The maximum Gasteiger partial charge on any atom is 0.264 e. The number of ether oxygens (including phenoxy) is 1. The highest BCUT2D eigenvalue weighted by molar-refractivity contribution is 7.89. The number of benzene rings is 2. The van der Waals surface area contributed by atoms with Crippen molar-refractivity contribution < 1.29 is 28.2 Å². The predicted molar refractivity (Wildman–Crippen MR) is 169 cm³/mol. The molecule has 2 aromatic carbocycles. The molecule has 3 fully saturated rings. The van der Waals surface area contributed by atoms with Gasteiger partial charge in [-0.05, 0) is 92.3 Å². The number of hydrogen-bond acceptors (Lipinski definition) is 7. The summed E-state index contributed by atoms with van der Waals surface area (Å²) in [4.78, 5) is 15.2. The largest absolute Gasteiger partial charge is 0.497 e. The van der Waals surface area contributed by atoms with Gasteiger partial charge in [0.15, 0.2) is 0 Å². The molecule has 10 heteroatoms. The quantitative estimate of drug-likeness (QED) is 0.365. The topological polar surface area (TPSA) is 121 Å². The van der Waals surface area contributed by atoms with Gasteiger partial charge in [-0.3, -0.25) is 9.69 Å². The van der Waals surface area contributed by atoms with Crippen molar-refractivity contribution in [2.75, 3.05) is 26.5 Å². The van der Waals surface area contributed by atoms with E-state index in [1.807, 2.05) is 25.1 Å². The van der Waals surface area contributed by atoms with E-state index in [2.05, 4.69) is 26.3 Å². The van der Waals surface area contributed by atoms with E-state index in [-0.39, 0.29) is 11.5 Å². The number of piperidine rings is 1. The fourth-order valence-electron chi connectivity index (χ4n) is 8.37. The Balaban J connectivity index is 1.43. The molecule has 1 amide bonds. The zero-order valence-electron chi connectivity index (χ0n) is 25.8. The van der Waals surface area contributed by atoms with E-state index in [9.17, 15) is 23.4 Å². The highest BCUT2D eigenvalue weighted by Gasteiger charge is 2.63. The number of amides is 1. The lowest BCUT2D eigenvalue weighted by molar-refractivity contribution is -0.0999. The van der Waals surface area contributed by atoms with Gasteiger partial charge in [-0.1, -0.05) is 25.3 Å². The molecule has 236 valence electrons. The molecule has 0 radical (unpaired) electrons. The number of methoxy groups -OCH3 is 1. The molecule has 0 bridgehead atoms. The van der Waals surface area contributed by atoms with E-state index in [4.69, 9.17) is 4.74 Å². The fraction of sp³-hybridized carbons (Fsp3) is 0.559. The Bertz CT molecular complexity index is 1730. The molecular weight excluding hydrogens is 578 g/mol. The minimum atomic E-state index is -3.73. The Labute approximate surface area is 259 Å². The number of aromatic nitrogens is 1. The molecule has 3 heterocycles. The third kappa shape index (κ3) is 5.04. The van der Waals surface area contributed by atoms with Crippen LogP contribution in [0.1, 0.15) is 91.6 Å². The monoisotopic (exact) mass is 621 g/mol. The second kappa shape index (κ2) is 10.6. The van der Waals surface area contributed by atoms with Crippen LogP contribution >= 0.6 is 0 Å². The van der Waals surface area contributed by atoms with Crippen LogP contribution < -0.4 is 9.46 Å². The summed E-state index contributed by atoms with van der Waals surface area (Å²) >= 11 is 0. The van der Waals surface area contributed by atoms with Gasteiger partial charge in [0.1, 0.15) is 12.0 Å². The molecule has 2 aliphatic carbocycles. The van der Waals surface area contributed by atoms with Crippen LogP contribution in [0.15, 0.2) is 36.4 Å². The molecule has 9 nitrogen and oxygen atoms in total. The Morgan fingerprint density at radius 3 is 2.50 bits per heavy atom. The van der Waals surface area contributed by atoms with Gasteiger partial charge in [0.2, 0.25) is 10.0 Å². The van der Waals surface area contributed by atoms with E-state index in [1.54, 1.807) is 13.2 Å². The Morgan fingerprint density at radius 2 is 1.82 bits per heavy atom. The molecule has 3 unspecified atom stereocenters. The molecule has 44 heavy (non-hydrogen) atoms. The number of hydrogen-bond donors (Lipinski definition) is 3. The minimum Gasteiger partial charge on any atom is -0.497 e. The van der Waals surface area contributed by atoms with Crippen LogP contribution in [-0.4, -0.2) is 72.3 Å². The normalized spacial score (nSPS) is 25.8. The minimum absolute atomic E-state index is 0.121. The van der Waals surface area contributed by atoms with Crippen molar-refractivity contribution in [3.63, 3.8) is 0 Å². The number of nitrogens with one attached hydrogen (secondary N) is 1. The van der Waals surface area contributed by atoms with Gasteiger partial charge in [-0.2, -0.15) is 0 Å². The number of fused-ring (bicyclic) bond motifs is 7. The molecule has 3 atom stereocenters. The molecule has 2 saturated carbocycles. The zero-order valence-corrected chi connectivity index (χ0v) is 26.6. The van der Waals surface area contributed by atoms with Gasteiger partial charge in [0.25, 0.3) is 5.91 Å². The van der Waals surface area contributed by atoms with Gasteiger partial charge >= 0.3 is 0 Å². The van der Waals surface area contributed by atoms with Crippen LogP contribution in [0.25, 0.3) is 22.2 Å². The van der Waals surface area contributed by atoms with Gasteiger partial charge in [-0.15, -0.1) is 0 Å². The second-order valence-corrected chi connectivity index (χ2v) is 15.7. The molecule has 0 spiro atoms. The van der Waals surface area contributed by atoms with Crippen molar-refractivity contribution in [1.29, 1.82) is 0 Å². The van der Waals surface area contributed by atoms with Crippen molar-refractivity contribution in [3.05, 3.63) is 53.1 Å². The predicted octanol–water partition coefficient (Wildman–Crippen LogP) is 4.71. The Morgan fingerprint density at radius 1 is 1.09 bits per heavy atom. The summed E-state index contributed by atoms with van der Waals surface area (Å²) in [5.74, 6) is 0.627. The maximum absolute atomic E-state index is 13.0. The summed E-state index contributed by atoms with van der Waals surface area (Å²) in [7, 11) is -2.04. The summed E-state index contributed by atoms with van der Waals surface area (Å²) in [5, 5.41) is 23.8. The molecule has 3 N–H and O–H groups in total. The Hall–Kier alpha value is -2.92. The van der Waals surface area contributed by atoms with Crippen molar-refractivity contribution in [1.82, 2.24) is 14.2 Å². The number of nitrogens with zero attached hydrogens (tertiary/aromatic N) is 2. The first-order valence-electron chi connectivity index (χ1n) is 15.9. The first-order chi connectivity index (χ1) is 20.9. The van der Waals surface area contributed by atoms with Gasteiger partial charge in [-0.25, -0.2) is 13.1 Å². The summed E-state index contributed by atoms with van der Waals surface area (Å²) in [6, 6.07) is 11.8.